The molecule has 8 heteroatoms. The summed E-state index contributed by atoms with van der Waals surface area (Å²) >= 11 is 6.93. The second-order valence-corrected chi connectivity index (χ2v) is 6.66. The third-order valence-corrected chi connectivity index (χ3v) is 4.42. The number of benzene rings is 1. The van der Waals surface area contributed by atoms with Gasteiger partial charge in [0.2, 0.25) is 4.77 Å². The van der Waals surface area contributed by atoms with Crippen molar-refractivity contribution in [3.63, 3.8) is 0 Å². The zero-order valence-corrected chi connectivity index (χ0v) is 14.9. The summed E-state index contributed by atoms with van der Waals surface area (Å²) < 4.78 is 7.52. The van der Waals surface area contributed by atoms with Crippen LogP contribution in [0.15, 0.2) is 41.5 Å². The third kappa shape index (κ3) is 3.72. The van der Waals surface area contributed by atoms with E-state index in [4.69, 9.17) is 17.0 Å². The smallest absolute Gasteiger partial charge is 0.216 e. The number of thiophene rings is 1. The predicted molar refractivity (Wildman–Crippen MR) is 100 cm³/mol. The van der Waals surface area contributed by atoms with Crippen LogP contribution in [-0.4, -0.2) is 27.7 Å². The van der Waals surface area contributed by atoms with E-state index in [1.165, 1.54) is 4.88 Å². The molecule has 0 aliphatic rings. The van der Waals surface area contributed by atoms with Crippen LogP contribution >= 0.6 is 23.6 Å². The standard InChI is InChI=1S/C16H17N5OS2/c1-3-22-13-7-5-12(6-8-13)15-18-19-16(23)21(15)20-17-10-14-9-4-11(2)24-14/h4-10,20H,3H2,1-2H3,(H,19,23)/b17-10+. The van der Waals surface area contributed by atoms with Gasteiger partial charge in [0.15, 0.2) is 5.82 Å². The van der Waals surface area contributed by atoms with Gasteiger partial charge in [-0.2, -0.15) is 14.9 Å². The summed E-state index contributed by atoms with van der Waals surface area (Å²) in [7, 11) is 0. The molecule has 24 heavy (non-hydrogen) atoms. The number of hydrazone groups is 1. The van der Waals surface area contributed by atoms with Crippen molar-refractivity contribution >= 4 is 29.8 Å². The maximum absolute atomic E-state index is 5.45. The van der Waals surface area contributed by atoms with Crippen molar-refractivity contribution < 1.29 is 4.74 Å². The van der Waals surface area contributed by atoms with E-state index in [1.807, 2.05) is 37.3 Å². The highest BCUT2D eigenvalue weighted by atomic mass is 32.1. The lowest BCUT2D eigenvalue weighted by atomic mass is 10.2. The first-order chi connectivity index (χ1) is 11.7. The van der Waals surface area contributed by atoms with Gasteiger partial charge in [-0.15, -0.1) is 11.3 Å². The number of hydrogen-bond donors (Lipinski definition) is 2. The number of rotatable bonds is 6. The van der Waals surface area contributed by atoms with E-state index in [0.29, 0.717) is 17.2 Å². The monoisotopic (exact) mass is 359 g/mol. The number of hydrogen-bond acceptors (Lipinski definition) is 6. The molecule has 0 bridgehead atoms. The Kier molecular flexibility index (Phi) is 5.07. The summed E-state index contributed by atoms with van der Waals surface area (Å²) in [5, 5.41) is 11.3. The normalized spacial score (nSPS) is 11.1. The van der Waals surface area contributed by atoms with Gasteiger partial charge < -0.3 is 4.74 Å². The summed E-state index contributed by atoms with van der Waals surface area (Å²) in [5.74, 6) is 1.48. The van der Waals surface area contributed by atoms with Gasteiger partial charge in [-0.05, 0) is 62.5 Å². The molecule has 0 aliphatic carbocycles. The summed E-state index contributed by atoms with van der Waals surface area (Å²) in [5.41, 5.74) is 3.82. The van der Waals surface area contributed by atoms with Gasteiger partial charge >= 0.3 is 0 Å². The molecule has 0 saturated heterocycles. The molecule has 2 N–H and O–H groups in total. The van der Waals surface area contributed by atoms with Crippen LogP contribution in [0, 0.1) is 11.7 Å². The van der Waals surface area contributed by atoms with Gasteiger partial charge in [0.25, 0.3) is 0 Å². The maximum Gasteiger partial charge on any atom is 0.216 e. The Morgan fingerprint density at radius 3 is 2.79 bits per heavy atom. The number of aromatic nitrogens is 3. The van der Waals surface area contributed by atoms with Gasteiger partial charge in [-0.25, -0.2) is 10.6 Å². The highest BCUT2D eigenvalue weighted by molar-refractivity contribution is 7.71. The van der Waals surface area contributed by atoms with Gasteiger partial charge in [-0.1, -0.05) is 0 Å². The molecule has 124 valence electrons. The molecule has 0 aliphatic heterocycles. The van der Waals surface area contributed by atoms with Crippen LogP contribution in [0.2, 0.25) is 0 Å². The fraction of sp³-hybridized carbons (Fsp3) is 0.188. The Balaban J connectivity index is 1.80. The van der Waals surface area contributed by atoms with Crippen LogP contribution < -0.4 is 10.3 Å². The Labute approximate surface area is 148 Å². The minimum Gasteiger partial charge on any atom is -0.494 e. The molecule has 2 heterocycles. The van der Waals surface area contributed by atoms with Crippen molar-refractivity contribution in [2.24, 2.45) is 5.10 Å². The molecule has 3 rings (SSSR count). The summed E-state index contributed by atoms with van der Waals surface area (Å²) in [6.45, 7) is 4.65. The van der Waals surface area contributed by atoms with Gasteiger partial charge in [0, 0.05) is 15.3 Å². The highest BCUT2D eigenvalue weighted by Crippen LogP contribution is 2.20. The lowest BCUT2D eigenvalue weighted by Gasteiger charge is -2.06. The Morgan fingerprint density at radius 1 is 1.33 bits per heavy atom. The van der Waals surface area contributed by atoms with Crippen molar-refractivity contribution in [2.45, 2.75) is 13.8 Å². The average Bonchev–Trinajstić information content (AvgIpc) is 3.15. The molecule has 0 spiro atoms. The van der Waals surface area contributed by atoms with Gasteiger partial charge in [-0.3, -0.25) is 0 Å². The van der Waals surface area contributed by atoms with E-state index in [1.54, 1.807) is 22.2 Å². The van der Waals surface area contributed by atoms with Crippen LogP contribution in [-0.2, 0) is 0 Å². The molecule has 1 aromatic carbocycles. The van der Waals surface area contributed by atoms with Gasteiger partial charge in [0.05, 0.1) is 12.8 Å². The molecule has 0 saturated carbocycles. The lowest BCUT2D eigenvalue weighted by molar-refractivity contribution is 0.340. The van der Waals surface area contributed by atoms with E-state index in [0.717, 1.165) is 16.2 Å². The molecule has 0 amide bonds. The topological polar surface area (TPSA) is 67.2 Å². The molecule has 3 aromatic rings. The second-order valence-electron chi connectivity index (χ2n) is 4.95. The first-order valence-corrected chi connectivity index (χ1v) is 8.66. The van der Waals surface area contributed by atoms with E-state index in [-0.39, 0.29) is 0 Å². The molecule has 0 fully saturated rings. The summed E-state index contributed by atoms with van der Waals surface area (Å²) in [6, 6.07) is 11.7. The Morgan fingerprint density at radius 2 is 2.12 bits per heavy atom. The SMILES string of the molecule is CCOc1ccc(-c2n[nH]c(=S)n2N/N=C/c2ccc(C)s2)cc1. The average molecular weight is 359 g/mol. The van der Waals surface area contributed by atoms with Crippen molar-refractivity contribution in [3.05, 3.63) is 50.9 Å². The Hall–Kier alpha value is -2.45. The molecular formula is C16H17N5OS2. The number of nitrogens with zero attached hydrogens (tertiary/aromatic N) is 3. The zero-order valence-electron chi connectivity index (χ0n) is 13.3. The number of ether oxygens (including phenoxy) is 1. The fourth-order valence-corrected chi connectivity index (χ4v) is 3.05. The predicted octanol–water partition coefficient (Wildman–Crippen LogP) is 3.95. The van der Waals surface area contributed by atoms with Crippen LogP contribution in [0.1, 0.15) is 16.7 Å². The molecule has 2 aromatic heterocycles. The maximum atomic E-state index is 5.45. The van der Waals surface area contributed by atoms with Crippen LogP contribution in [0.3, 0.4) is 0 Å². The van der Waals surface area contributed by atoms with E-state index in [2.05, 4.69) is 33.8 Å². The minimum absolute atomic E-state index is 0.443. The van der Waals surface area contributed by atoms with E-state index < -0.39 is 0 Å². The number of H-pyrrole nitrogens is 1. The first kappa shape index (κ1) is 16.4. The summed E-state index contributed by atoms with van der Waals surface area (Å²) in [6.07, 6.45) is 1.76. The molecule has 0 unspecified atom stereocenters. The van der Waals surface area contributed by atoms with Crippen LogP contribution in [0.4, 0.5) is 0 Å². The zero-order chi connectivity index (χ0) is 16.9. The number of nitrogens with one attached hydrogen (secondary N) is 2. The fourth-order valence-electron chi connectivity index (χ4n) is 2.12. The van der Waals surface area contributed by atoms with E-state index >= 15 is 0 Å². The molecule has 6 nitrogen and oxygen atoms in total. The number of aryl methyl sites for hydroxylation is 1. The summed E-state index contributed by atoms with van der Waals surface area (Å²) in [4.78, 5) is 2.31. The second kappa shape index (κ2) is 7.41. The van der Waals surface area contributed by atoms with Crippen molar-refractivity contribution in [1.82, 2.24) is 14.9 Å². The van der Waals surface area contributed by atoms with Crippen LogP contribution in [0.25, 0.3) is 11.4 Å². The van der Waals surface area contributed by atoms with Crippen LogP contribution in [0.5, 0.6) is 5.75 Å². The number of aromatic amines is 1. The molecular weight excluding hydrogens is 342 g/mol. The molecule has 0 radical (unpaired) electrons. The lowest BCUT2D eigenvalue weighted by Crippen LogP contribution is -2.10. The Bertz CT molecular complexity index is 892. The van der Waals surface area contributed by atoms with Crippen molar-refractivity contribution in [1.29, 1.82) is 0 Å². The first-order valence-electron chi connectivity index (χ1n) is 7.43. The van der Waals surface area contributed by atoms with Gasteiger partial charge in [0.1, 0.15) is 5.75 Å². The largest absolute Gasteiger partial charge is 0.494 e. The minimum atomic E-state index is 0.443. The van der Waals surface area contributed by atoms with E-state index in [9.17, 15) is 0 Å². The third-order valence-electron chi connectivity index (χ3n) is 3.21. The quantitative estimate of drug-likeness (QED) is 0.397. The molecule has 0 atom stereocenters. The van der Waals surface area contributed by atoms with Crippen molar-refractivity contribution in [2.75, 3.05) is 12.1 Å². The van der Waals surface area contributed by atoms with Crippen molar-refractivity contribution in [3.8, 4) is 17.1 Å². The highest BCUT2D eigenvalue weighted by Gasteiger charge is 2.08.